The molecule has 0 saturated heterocycles. The van der Waals surface area contributed by atoms with Gasteiger partial charge in [0.15, 0.2) is 12.6 Å². The molecule has 3 saturated carbocycles. The van der Waals surface area contributed by atoms with Crippen LogP contribution < -0.4 is 0 Å². The molecule has 9 unspecified atom stereocenters. The van der Waals surface area contributed by atoms with Crippen LogP contribution >= 0.6 is 0 Å². The van der Waals surface area contributed by atoms with E-state index in [0.717, 1.165) is 0 Å². The zero-order valence-electron chi connectivity index (χ0n) is 26.7. The van der Waals surface area contributed by atoms with Gasteiger partial charge in [-0.15, -0.1) is 0 Å². The number of carbonyl (C=O) groups excluding carboxylic acids is 4. The number of rotatable bonds is 15. The number of esters is 4. The van der Waals surface area contributed by atoms with E-state index in [1.54, 1.807) is 0 Å². The molecule has 276 valence electrons. The topological polar surface area (TPSA) is 298 Å². The Kier molecular flexibility index (Phi) is 14.7. The van der Waals surface area contributed by atoms with E-state index in [9.17, 15) is 69.3 Å². The van der Waals surface area contributed by atoms with Crippen molar-refractivity contribution >= 4 is 41.8 Å². The molecule has 49 heavy (non-hydrogen) atoms. The number of carboxylic acids is 3. The second-order valence-corrected chi connectivity index (χ2v) is 12.8. The number of aliphatic hydroxyl groups excluding tert-OH is 2. The van der Waals surface area contributed by atoms with Crippen LogP contribution in [0.5, 0.6) is 0 Å². The van der Waals surface area contributed by atoms with Gasteiger partial charge in [-0.05, 0) is 57.8 Å². The Morgan fingerprint density at radius 2 is 0.776 bits per heavy atom. The first-order valence-corrected chi connectivity index (χ1v) is 16.2. The Bertz CT molecular complexity index is 1210. The Morgan fingerprint density at radius 3 is 1.18 bits per heavy atom. The van der Waals surface area contributed by atoms with Gasteiger partial charge in [0.2, 0.25) is 0 Å². The first-order valence-electron chi connectivity index (χ1n) is 16.2. The quantitative estimate of drug-likeness (QED) is 0.0472. The second-order valence-electron chi connectivity index (χ2n) is 12.8. The summed E-state index contributed by atoms with van der Waals surface area (Å²) in [6.45, 7) is -1.53. The molecule has 3 aliphatic rings. The van der Waals surface area contributed by atoms with Crippen LogP contribution in [0, 0.1) is 53.3 Å². The molecule has 0 aromatic heterocycles. The van der Waals surface area contributed by atoms with Crippen LogP contribution in [0.4, 0.5) is 0 Å². The molecule has 0 radical (unpaired) electrons. The summed E-state index contributed by atoms with van der Waals surface area (Å²) in [5.74, 6) is -16.0. The van der Waals surface area contributed by atoms with Crippen molar-refractivity contribution in [2.75, 3.05) is 26.4 Å². The van der Waals surface area contributed by atoms with Crippen molar-refractivity contribution in [3.05, 3.63) is 0 Å². The highest BCUT2D eigenvalue weighted by molar-refractivity contribution is 5.83. The first-order chi connectivity index (χ1) is 23.1. The van der Waals surface area contributed by atoms with Crippen molar-refractivity contribution in [3.8, 4) is 0 Å². The van der Waals surface area contributed by atoms with Gasteiger partial charge < -0.3 is 54.7 Å². The average Bonchev–Trinajstić information content (AvgIpc) is 3.06. The van der Waals surface area contributed by atoms with Gasteiger partial charge in [-0.25, -0.2) is 0 Å². The number of carboxylic acid groups (broad SMARTS) is 3. The number of aliphatic hydroxyl groups is 4. The van der Waals surface area contributed by atoms with Crippen LogP contribution in [0.15, 0.2) is 0 Å². The number of aliphatic carboxylic acids is 3. The molecule has 3 aliphatic carbocycles. The smallest absolute Gasteiger partial charge is 0.309 e. The van der Waals surface area contributed by atoms with Crippen molar-refractivity contribution < 1.29 is 88.3 Å². The Morgan fingerprint density at radius 1 is 0.429 bits per heavy atom. The third-order valence-corrected chi connectivity index (χ3v) is 9.82. The highest BCUT2D eigenvalue weighted by Gasteiger charge is 2.44. The third kappa shape index (κ3) is 10.8. The van der Waals surface area contributed by atoms with Gasteiger partial charge in [0.1, 0.15) is 26.4 Å². The monoisotopic (exact) mass is 704 g/mol. The SMILES string of the molecule is O=C(OCCOC(=O)C1CC(C(=O)OCCOC(=O)C2CCC(C(O)O)C(C(O)O)C2)CCC1C(=O)O)C1CCC(C(=O)O)C(C(=O)O)C1. The molecule has 0 aromatic carbocycles. The maximum atomic E-state index is 12.8. The Labute approximate surface area is 280 Å². The zero-order valence-corrected chi connectivity index (χ0v) is 26.7. The van der Waals surface area contributed by atoms with Crippen molar-refractivity contribution in [2.24, 2.45) is 53.3 Å². The minimum absolute atomic E-state index is 0.0228. The lowest BCUT2D eigenvalue weighted by molar-refractivity contribution is -0.183. The van der Waals surface area contributed by atoms with E-state index in [-0.39, 0.29) is 71.0 Å². The molecule has 9 atom stereocenters. The summed E-state index contributed by atoms with van der Waals surface area (Å²) in [6, 6.07) is 0. The summed E-state index contributed by atoms with van der Waals surface area (Å²) in [6.07, 6.45) is -3.60. The Hall–Kier alpha value is -3.87. The van der Waals surface area contributed by atoms with Gasteiger partial charge in [-0.3, -0.25) is 33.6 Å². The van der Waals surface area contributed by atoms with Crippen LogP contribution in [0.2, 0.25) is 0 Å². The van der Waals surface area contributed by atoms with Crippen molar-refractivity contribution in [1.29, 1.82) is 0 Å². The minimum atomic E-state index is -1.86. The van der Waals surface area contributed by atoms with Gasteiger partial charge in [-0.1, -0.05) is 0 Å². The maximum Gasteiger partial charge on any atom is 0.309 e. The molecule has 0 amide bonds. The van der Waals surface area contributed by atoms with Gasteiger partial charge >= 0.3 is 41.8 Å². The number of carbonyl (C=O) groups is 7. The summed E-state index contributed by atoms with van der Waals surface area (Å²) in [5.41, 5.74) is 0. The van der Waals surface area contributed by atoms with Crippen molar-refractivity contribution in [3.63, 3.8) is 0 Å². The van der Waals surface area contributed by atoms with Gasteiger partial charge in [0, 0.05) is 11.8 Å². The molecular weight excluding hydrogens is 660 g/mol. The Balaban J connectivity index is 1.42. The molecule has 3 rings (SSSR count). The largest absolute Gasteiger partial charge is 0.481 e. The minimum Gasteiger partial charge on any atom is -0.481 e. The third-order valence-electron chi connectivity index (χ3n) is 9.82. The second kappa shape index (κ2) is 18.2. The lowest BCUT2D eigenvalue weighted by Gasteiger charge is -2.36. The molecular formula is C31H44O18. The number of ether oxygens (including phenoxy) is 4. The molecule has 0 heterocycles. The summed E-state index contributed by atoms with van der Waals surface area (Å²) in [5, 5.41) is 66.3. The molecule has 0 aliphatic heterocycles. The first kappa shape index (κ1) is 39.6. The van der Waals surface area contributed by atoms with Crippen molar-refractivity contribution in [2.45, 2.75) is 70.4 Å². The van der Waals surface area contributed by atoms with E-state index in [1.807, 2.05) is 0 Å². The summed E-state index contributed by atoms with van der Waals surface area (Å²) < 4.78 is 20.6. The van der Waals surface area contributed by atoms with E-state index < -0.39 is 121 Å². The van der Waals surface area contributed by atoms with Crippen LogP contribution in [0.1, 0.15) is 57.8 Å². The molecule has 18 heteroatoms. The fourth-order valence-corrected chi connectivity index (χ4v) is 7.08. The molecule has 3 fully saturated rings. The lowest BCUT2D eigenvalue weighted by atomic mass is 9.73. The van der Waals surface area contributed by atoms with Gasteiger partial charge in [0.05, 0.1) is 41.4 Å². The average molecular weight is 705 g/mol. The molecule has 0 spiro atoms. The van der Waals surface area contributed by atoms with Gasteiger partial charge in [-0.2, -0.15) is 0 Å². The molecule has 18 nitrogen and oxygen atoms in total. The van der Waals surface area contributed by atoms with E-state index in [0.29, 0.717) is 0 Å². The van der Waals surface area contributed by atoms with Crippen LogP contribution in [-0.4, -0.2) is 117 Å². The van der Waals surface area contributed by atoms with E-state index in [4.69, 9.17) is 18.9 Å². The summed E-state index contributed by atoms with van der Waals surface area (Å²) in [4.78, 5) is 85.1. The normalized spacial score (nSPS) is 30.2. The highest BCUT2D eigenvalue weighted by Crippen LogP contribution is 2.39. The maximum absolute atomic E-state index is 12.8. The fourth-order valence-electron chi connectivity index (χ4n) is 7.08. The van der Waals surface area contributed by atoms with Crippen molar-refractivity contribution in [1.82, 2.24) is 0 Å². The van der Waals surface area contributed by atoms with E-state index in [1.165, 1.54) is 0 Å². The standard InChI is InChI=1S/C31H44O18/c32-23(33)17-4-1-14(11-20(17)26(38)39)28(42)46-7-8-47-30(44)16-3-6-19(25(36)37)22(13-16)31(45)49-10-9-48-29(43)15-2-5-18(24(34)35)21(12-15)27(40)41/h14-23,26,32-33,38-39H,1-13H2,(H,34,35)(H,36,37)(H,40,41). The summed E-state index contributed by atoms with van der Waals surface area (Å²) in [7, 11) is 0. The van der Waals surface area contributed by atoms with Crippen LogP contribution in [0.3, 0.4) is 0 Å². The zero-order chi connectivity index (χ0) is 36.4. The molecule has 7 N–H and O–H groups in total. The fraction of sp³-hybridized carbons (Fsp3) is 0.774. The van der Waals surface area contributed by atoms with Crippen LogP contribution in [-0.2, 0) is 52.5 Å². The highest BCUT2D eigenvalue weighted by atomic mass is 16.6. The number of hydrogen-bond acceptors (Lipinski definition) is 15. The van der Waals surface area contributed by atoms with Crippen LogP contribution in [0.25, 0.3) is 0 Å². The molecule has 0 bridgehead atoms. The van der Waals surface area contributed by atoms with Gasteiger partial charge in [0.25, 0.3) is 0 Å². The predicted octanol–water partition coefficient (Wildman–Crippen LogP) is -0.868. The van der Waals surface area contributed by atoms with E-state index in [2.05, 4.69) is 0 Å². The lowest BCUT2D eigenvalue weighted by Crippen LogP contribution is -2.41. The molecule has 0 aromatic rings. The van der Waals surface area contributed by atoms with E-state index >= 15 is 0 Å². The predicted molar refractivity (Wildman–Crippen MR) is 156 cm³/mol. The summed E-state index contributed by atoms with van der Waals surface area (Å²) >= 11 is 0. The number of hydrogen-bond donors (Lipinski definition) is 7.